The molecule has 1 atom stereocenters. The van der Waals surface area contributed by atoms with E-state index in [9.17, 15) is 4.79 Å². The van der Waals surface area contributed by atoms with E-state index in [4.69, 9.17) is 9.15 Å². The lowest BCUT2D eigenvalue weighted by Gasteiger charge is -2.19. The standard InChI is InChI=1S/C19H18IN3O3/c1-23-11-10-21-19(23)18(13-4-3-5-15(12-13)25-2)22-17(24)9-7-14-6-8-16(20)26-14/h3-12,18H,1-2H3,(H,22,24)/b9-7+. The van der Waals surface area contributed by atoms with Crippen molar-refractivity contribution < 1.29 is 13.9 Å². The zero-order valence-corrected chi connectivity index (χ0v) is 16.5. The lowest BCUT2D eigenvalue weighted by molar-refractivity contribution is -0.117. The van der Waals surface area contributed by atoms with Crippen LogP contribution < -0.4 is 10.1 Å². The van der Waals surface area contributed by atoms with Crippen LogP contribution in [-0.4, -0.2) is 22.6 Å². The van der Waals surface area contributed by atoms with Gasteiger partial charge in [-0.05, 0) is 58.5 Å². The predicted octanol–water partition coefficient (Wildman–Crippen LogP) is 3.55. The van der Waals surface area contributed by atoms with E-state index in [0.29, 0.717) is 5.76 Å². The van der Waals surface area contributed by atoms with Gasteiger partial charge in [0.25, 0.3) is 0 Å². The lowest BCUT2D eigenvalue weighted by atomic mass is 10.1. The molecular formula is C19H18IN3O3. The van der Waals surface area contributed by atoms with Crippen LogP contribution in [-0.2, 0) is 11.8 Å². The van der Waals surface area contributed by atoms with Crippen LogP contribution in [0, 0.1) is 3.77 Å². The number of ether oxygens (including phenoxy) is 1. The molecule has 3 rings (SSSR count). The van der Waals surface area contributed by atoms with Crippen molar-refractivity contribution in [2.45, 2.75) is 6.04 Å². The minimum Gasteiger partial charge on any atom is -0.497 e. The van der Waals surface area contributed by atoms with Gasteiger partial charge in [-0.25, -0.2) is 4.98 Å². The number of carbonyl (C=O) groups is 1. The number of halogens is 1. The monoisotopic (exact) mass is 463 g/mol. The molecule has 0 aliphatic heterocycles. The molecule has 6 nitrogen and oxygen atoms in total. The maximum atomic E-state index is 12.5. The fourth-order valence-electron chi connectivity index (χ4n) is 2.54. The van der Waals surface area contributed by atoms with Crippen LogP contribution in [0.15, 0.2) is 59.3 Å². The Balaban J connectivity index is 1.85. The predicted molar refractivity (Wildman–Crippen MR) is 107 cm³/mol. The SMILES string of the molecule is COc1cccc(C(NC(=O)/C=C/c2ccc(I)o2)c2nccn2C)c1. The number of carbonyl (C=O) groups excluding carboxylic acids is 1. The van der Waals surface area contributed by atoms with Gasteiger partial charge in [-0.3, -0.25) is 4.79 Å². The summed E-state index contributed by atoms with van der Waals surface area (Å²) in [5, 5.41) is 3.00. The molecule has 0 fully saturated rings. The number of rotatable bonds is 6. The van der Waals surface area contributed by atoms with Gasteiger partial charge >= 0.3 is 0 Å². The van der Waals surface area contributed by atoms with E-state index in [1.807, 2.05) is 54.2 Å². The topological polar surface area (TPSA) is 69.3 Å². The number of furan rings is 1. The lowest BCUT2D eigenvalue weighted by Crippen LogP contribution is -2.29. The number of methoxy groups -OCH3 is 1. The Labute approximate surface area is 165 Å². The van der Waals surface area contributed by atoms with Gasteiger partial charge < -0.3 is 19.0 Å². The summed E-state index contributed by atoms with van der Waals surface area (Å²) in [6.07, 6.45) is 6.63. The zero-order chi connectivity index (χ0) is 18.5. The van der Waals surface area contributed by atoms with Crippen LogP contribution in [0.4, 0.5) is 0 Å². The van der Waals surface area contributed by atoms with Crippen molar-refractivity contribution >= 4 is 34.6 Å². The van der Waals surface area contributed by atoms with Gasteiger partial charge in [0.05, 0.1) is 7.11 Å². The molecule has 0 saturated heterocycles. The normalized spacial score (nSPS) is 12.3. The number of aryl methyl sites for hydroxylation is 1. The molecule has 1 N–H and O–H groups in total. The first-order chi connectivity index (χ1) is 12.6. The summed E-state index contributed by atoms with van der Waals surface area (Å²) >= 11 is 2.08. The van der Waals surface area contributed by atoms with Crippen LogP contribution in [0.5, 0.6) is 5.75 Å². The van der Waals surface area contributed by atoms with Gasteiger partial charge in [0.2, 0.25) is 5.91 Å². The molecule has 0 spiro atoms. The van der Waals surface area contributed by atoms with Crippen LogP contribution in [0.25, 0.3) is 6.08 Å². The number of hydrogen-bond donors (Lipinski definition) is 1. The Bertz CT molecular complexity index is 930. The highest BCUT2D eigenvalue weighted by Crippen LogP contribution is 2.24. The largest absolute Gasteiger partial charge is 0.497 e. The maximum absolute atomic E-state index is 12.5. The highest BCUT2D eigenvalue weighted by Gasteiger charge is 2.20. The molecular weight excluding hydrogens is 445 g/mol. The Morgan fingerprint density at radius 3 is 2.88 bits per heavy atom. The molecule has 0 aliphatic rings. The van der Waals surface area contributed by atoms with Crippen molar-refractivity contribution in [2.75, 3.05) is 7.11 Å². The van der Waals surface area contributed by atoms with Gasteiger partial charge in [-0.15, -0.1) is 0 Å². The fourth-order valence-corrected chi connectivity index (χ4v) is 2.97. The molecule has 0 saturated carbocycles. The second kappa shape index (κ2) is 8.22. The summed E-state index contributed by atoms with van der Waals surface area (Å²) < 4.78 is 13.4. The summed E-state index contributed by atoms with van der Waals surface area (Å²) in [5.74, 6) is 1.83. The van der Waals surface area contributed by atoms with Crippen molar-refractivity contribution in [1.82, 2.24) is 14.9 Å². The number of imidazole rings is 1. The Morgan fingerprint density at radius 1 is 1.38 bits per heavy atom. The van der Waals surface area contributed by atoms with E-state index in [-0.39, 0.29) is 5.91 Å². The van der Waals surface area contributed by atoms with Crippen LogP contribution in [0.1, 0.15) is 23.2 Å². The average molecular weight is 463 g/mol. The highest BCUT2D eigenvalue weighted by atomic mass is 127. The molecule has 0 bridgehead atoms. The van der Waals surface area contributed by atoms with Gasteiger partial charge in [-0.1, -0.05) is 12.1 Å². The Kier molecular flexibility index (Phi) is 5.77. The number of amides is 1. The molecule has 134 valence electrons. The number of hydrogen-bond acceptors (Lipinski definition) is 4. The van der Waals surface area contributed by atoms with E-state index >= 15 is 0 Å². The summed E-state index contributed by atoms with van der Waals surface area (Å²) in [5.41, 5.74) is 0.882. The zero-order valence-electron chi connectivity index (χ0n) is 14.3. The fraction of sp³-hybridized carbons (Fsp3) is 0.158. The van der Waals surface area contributed by atoms with Gasteiger partial charge in [0, 0.05) is 25.5 Å². The molecule has 1 aromatic carbocycles. The second-order valence-electron chi connectivity index (χ2n) is 5.59. The summed E-state index contributed by atoms with van der Waals surface area (Å²) in [4.78, 5) is 16.8. The third-order valence-corrected chi connectivity index (χ3v) is 4.40. The summed E-state index contributed by atoms with van der Waals surface area (Å²) in [6, 6.07) is 10.8. The van der Waals surface area contributed by atoms with Crippen molar-refractivity contribution in [2.24, 2.45) is 7.05 Å². The average Bonchev–Trinajstić information content (AvgIpc) is 3.26. The molecule has 2 heterocycles. The summed E-state index contributed by atoms with van der Waals surface area (Å²) in [6.45, 7) is 0. The van der Waals surface area contributed by atoms with Crippen molar-refractivity contribution in [3.05, 3.63) is 75.8 Å². The Hall–Kier alpha value is -2.55. The molecule has 3 aromatic rings. The van der Waals surface area contributed by atoms with Crippen molar-refractivity contribution in [3.63, 3.8) is 0 Å². The van der Waals surface area contributed by atoms with E-state index < -0.39 is 6.04 Å². The molecule has 26 heavy (non-hydrogen) atoms. The quantitative estimate of drug-likeness (QED) is 0.449. The van der Waals surface area contributed by atoms with Crippen LogP contribution in [0.2, 0.25) is 0 Å². The maximum Gasteiger partial charge on any atom is 0.244 e. The molecule has 1 amide bonds. The number of nitrogens with zero attached hydrogens (tertiary/aromatic N) is 2. The molecule has 2 aromatic heterocycles. The van der Waals surface area contributed by atoms with E-state index in [1.54, 1.807) is 19.4 Å². The number of aromatic nitrogens is 2. The van der Waals surface area contributed by atoms with Crippen molar-refractivity contribution in [1.29, 1.82) is 0 Å². The van der Waals surface area contributed by atoms with Gasteiger partial charge in [0.1, 0.15) is 23.4 Å². The first kappa shape index (κ1) is 18.2. The van der Waals surface area contributed by atoms with E-state index in [0.717, 1.165) is 20.9 Å². The summed E-state index contributed by atoms with van der Waals surface area (Å²) in [7, 11) is 3.50. The number of benzene rings is 1. The van der Waals surface area contributed by atoms with Crippen LogP contribution in [0.3, 0.4) is 0 Å². The molecule has 1 unspecified atom stereocenters. The molecule has 7 heteroatoms. The number of nitrogens with one attached hydrogen (secondary N) is 1. The van der Waals surface area contributed by atoms with Gasteiger partial charge in [0.15, 0.2) is 3.77 Å². The minimum atomic E-state index is -0.404. The van der Waals surface area contributed by atoms with E-state index in [2.05, 4.69) is 32.9 Å². The first-order valence-corrected chi connectivity index (χ1v) is 9.00. The van der Waals surface area contributed by atoms with E-state index in [1.165, 1.54) is 6.08 Å². The van der Waals surface area contributed by atoms with Crippen LogP contribution >= 0.6 is 22.6 Å². The van der Waals surface area contributed by atoms with Crippen molar-refractivity contribution in [3.8, 4) is 5.75 Å². The molecule has 0 radical (unpaired) electrons. The third-order valence-electron chi connectivity index (χ3n) is 3.82. The van der Waals surface area contributed by atoms with Gasteiger partial charge in [-0.2, -0.15) is 0 Å². The Morgan fingerprint density at radius 2 is 2.23 bits per heavy atom. The highest BCUT2D eigenvalue weighted by molar-refractivity contribution is 14.1. The smallest absolute Gasteiger partial charge is 0.244 e. The first-order valence-electron chi connectivity index (χ1n) is 7.92. The molecule has 0 aliphatic carbocycles. The third kappa shape index (κ3) is 4.34. The minimum absolute atomic E-state index is 0.243. The second-order valence-corrected chi connectivity index (χ2v) is 6.65.